The van der Waals surface area contributed by atoms with E-state index < -0.39 is 4.92 Å². The molecule has 1 heterocycles. The summed E-state index contributed by atoms with van der Waals surface area (Å²) in [6.07, 6.45) is 3.02. The molecule has 0 amide bonds. The van der Waals surface area contributed by atoms with Gasteiger partial charge >= 0.3 is 0 Å². The maximum absolute atomic E-state index is 10.9. The van der Waals surface area contributed by atoms with Gasteiger partial charge in [-0.1, -0.05) is 0 Å². The average Bonchev–Trinajstić information content (AvgIpc) is 3.01. The number of aromatic hydroxyl groups is 1. The van der Waals surface area contributed by atoms with Gasteiger partial charge in [0, 0.05) is 23.2 Å². The molecule has 2 aromatic carbocycles. The molecule has 0 saturated carbocycles. The second-order valence-corrected chi connectivity index (χ2v) is 4.74. The average molecular weight is 312 g/mol. The van der Waals surface area contributed by atoms with Crippen molar-refractivity contribution in [3.8, 4) is 11.5 Å². The van der Waals surface area contributed by atoms with Crippen LogP contribution in [0.5, 0.6) is 11.5 Å². The zero-order valence-corrected chi connectivity index (χ0v) is 12.1. The number of nitrogens with one attached hydrogen (secondary N) is 1. The summed E-state index contributed by atoms with van der Waals surface area (Å²) in [6, 6.07) is 7.79. The Morgan fingerprint density at radius 1 is 1.39 bits per heavy atom. The molecule has 0 saturated heterocycles. The number of non-ortho nitro benzene ring substituents is 1. The van der Waals surface area contributed by atoms with Crippen LogP contribution in [0, 0.1) is 10.1 Å². The van der Waals surface area contributed by atoms with Crippen molar-refractivity contribution in [3.05, 3.63) is 52.2 Å². The number of fused-ring (bicyclic) bond motifs is 1. The lowest BCUT2D eigenvalue weighted by molar-refractivity contribution is -0.385. The van der Waals surface area contributed by atoms with Gasteiger partial charge in [0.15, 0.2) is 11.5 Å². The standard InChI is InChI=1S/C15H12N4O4/c1-23-14-6-12(19(21)22)5-10(15(14)20)7-16-11-2-3-13-9(4-11)8-17-18-13/h2-8,20H,1H3,(H,17,18). The van der Waals surface area contributed by atoms with Crippen LogP contribution in [0.25, 0.3) is 10.9 Å². The van der Waals surface area contributed by atoms with Crippen molar-refractivity contribution in [1.29, 1.82) is 0 Å². The third kappa shape index (κ3) is 2.82. The summed E-state index contributed by atoms with van der Waals surface area (Å²) in [4.78, 5) is 14.6. The SMILES string of the molecule is COc1cc([N+](=O)[O-])cc(C=Nc2ccc3[nH]ncc3c2)c1O. The Bertz CT molecular complexity index is 917. The monoisotopic (exact) mass is 312 g/mol. The quantitative estimate of drug-likeness (QED) is 0.437. The minimum atomic E-state index is -0.559. The number of nitro groups is 1. The van der Waals surface area contributed by atoms with E-state index in [9.17, 15) is 15.2 Å². The van der Waals surface area contributed by atoms with Gasteiger partial charge in [-0.15, -0.1) is 0 Å². The maximum Gasteiger partial charge on any atom is 0.274 e. The van der Waals surface area contributed by atoms with Crippen LogP contribution >= 0.6 is 0 Å². The first-order valence-electron chi connectivity index (χ1n) is 6.61. The van der Waals surface area contributed by atoms with E-state index in [0.29, 0.717) is 5.69 Å². The third-order valence-electron chi connectivity index (χ3n) is 3.30. The zero-order valence-electron chi connectivity index (χ0n) is 12.1. The van der Waals surface area contributed by atoms with Crippen molar-refractivity contribution in [1.82, 2.24) is 10.2 Å². The molecule has 23 heavy (non-hydrogen) atoms. The fourth-order valence-corrected chi connectivity index (χ4v) is 2.13. The van der Waals surface area contributed by atoms with Crippen LogP contribution in [0.1, 0.15) is 5.56 Å². The summed E-state index contributed by atoms with van der Waals surface area (Å²) >= 11 is 0. The van der Waals surface area contributed by atoms with Crippen molar-refractivity contribution in [2.24, 2.45) is 4.99 Å². The Hall–Kier alpha value is -3.42. The second-order valence-electron chi connectivity index (χ2n) is 4.74. The normalized spacial score (nSPS) is 11.2. The Balaban J connectivity index is 2.00. The molecule has 1 aromatic heterocycles. The molecule has 0 spiro atoms. The number of nitrogens with zero attached hydrogens (tertiary/aromatic N) is 3. The van der Waals surface area contributed by atoms with Crippen molar-refractivity contribution in [3.63, 3.8) is 0 Å². The number of phenols is 1. The Morgan fingerprint density at radius 2 is 2.22 bits per heavy atom. The van der Waals surface area contributed by atoms with E-state index in [1.54, 1.807) is 18.3 Å². The van der Waals surface area contributed by atoms with E-state index in [1.807, 2.05) is 6.07 Å². The first-order chi connectivity index (χ1) is 11.1. The zero-order chi connectivity index (χ0) is 16.4. The molecule has 0 radical (unpaired) electrons. The number of ether oxygens (including phenoxy) is 1. The second kappa shape index (κ2) is 5.76. The minimum Gasteiger partial charge on any atom is -0.504 e. The van der Waals surface area contributed by atoms with Crippen molar-refractivity contribution in [2.45, 2.75) is 0 Å². The van der Waals surface area contributed by atoms with Gasteiger partial charge in [0.25, 0.3) is 5.69 Å². The van der Waals surface area contributed by atoms with Crippen LogP contribution in [0.2, 0.25) is 0 Å². The summed E-state index contributed by atoms with van der Waals surface area (Å²) in [5, 5.41) is 28.6. The maximum atomic E-state index is 10.9. The van der Waals surface area contributed by atoms with Crippen molar-refractivity contribution in [2.75, 3.05) is 7.11 Å². The number of methoxy groups -OCH3 is 1. The molecule has 0 atom stereocenters. The van der Waals surface area contributed by atoms with Crippen LogP contribution in [0.3, 0.4) is 0 Å². The molecule has 0 fully saturated rings. The highest BCUT2D eigenvalue weighted by atomic mass is 16.6. The molecule has 0 bridgehead atoms. The minimum absolute atomic E-state index is 0.0194. The van der Waals surface area contributed by atoms with Gasteiger partial charge in [-0.05, 0) is 18.2 Å². The topological polar surface area (TPSA) is 114 Å². The molecular weight excluding hydrogens is 300 g/mol. The number of aromatic nitrogens is 2. The number of nitro benzene ring substituents is 1. The van der Waals surface area contributed by atoms with Crippen LogP contribution in [-0.4, -0.2) is 33.6 Å². The summed E-state index contributed by atoms with van der Waals surface area (Å²) < 4.78 is 4.95. The Labute approximate surface area is 130 Å². The lowest BCUT2D eigenvalue weighted by atomic mass is 10.1. The largest absolute Gasteiger partial charge is 0.504 e. The Morgan fingerprint density at radius 3 is 2.96 bits per heavy atom. The van der Waals surface area contributed by atoms with Gasteiger partial charge in [0.05, 0.1) is 35.5 Å². The van der Waals surface area contributed by atoms with Gasteiger partial charge in [-0.25, -0.2) is 0 Å². The molecule has 3 aromatic rings. The van der Waals surface area contributed by atoms with Crippen molar-refractivity contribution >= 4 is 28.5 Å². The predicted octanol–water partition coefficient (Wildman–Crippen LogP) is 2.94. The first-order valence-corrected chi connectivity index (χ1v) is 6.61. The molecule has 2 N–H and O–H groups in total. The fraction of sp³-hybridized carbons (Fsp3) is 0.0667. The number of rotatable bonds is 4. The number of aromatic amines is 1. The van der Waals surface area contributed by atoms with E-state index in [2.05, 4.69) is 15.2 Å². The highest BCUT2D eigenvalue weighted by Crippen LogP contribution is 2.33. The molecule has 8 nitrogen and oxygen atoms in total. The summed E-state index contributed by atoms with van der Waals surface area (Å²) in [5.41, 5.74) is 1.52. The highest BCUT2D eigenvalue weighted by Gasteiger charge is 2.15. The van der Waals surface area contributed by atoms with Crippen LogP contribution in [0.15, 0.2) is 41.5 Å². The molecule has 0 aliphatic heterocycles. The van der Waals surface area contributed by atoms with Gasteiger partial charge in [0.2, 0.25) is 0 Å². The van der Waals surface area contributed by atoms with Gasteiger partial charge in [0.1, 0.15) is 0 Å². The van der Waals surface area contributed by atoms with E-state index >= 15 is 0 Å². The first kappa shape index (κ1) is 14.5. The molecule has 8 heteroatoms. The molecule has 0 unspecified atom stereocenters. The van der Waals surface area contributed by atoms with Crippen LogP contribution in [-0.2, 0) is 0 Å². The highest BCUT2D eigenvalue weighted by molar-refractivity contribution is 5.89. The Kier molecular flexibility index (Phi) is 3.63. The lowest BCUT2D eigenvalue weighted by Crippen LogP contribution is -1.94. The molecule has 3 rings (SSSR count). The van der Waals surface area contributed by atoms with E-state index in [0.717, 1.165) is 17.0 Å². The lowest BCUT2D eigenvalue weighted by Gasteiger charge is -2.05. The molecular formula is C15H12N4O4. The third-order valence-corrected chi connectivity index (χ3v) is 3.30. The van der Waals surface area contributed by atoms with E-state index in [1.165, 1.54) is 19.4 Å². The van der Waals surface area contributed by atoms with Crippen LogP contribution < -0.4 is 4.74 Å². The van der Waals surface area contributed by atoms with Crippen LogP contribution in [0.4, 0.5) is 11.4 Å². The number of phenolic OH excluding ortho intramolecular Hbond substituents is 1. The number of benzene rings is 2. The van der Waals surface area contributed by atoms with E-state index in [4.69, 9.17) is 4.74 Å². The van der Waals surface area contributed by atoms with Gasteiger partial charge in [-0.3, -0.25) is 20.2 Å². The van der Waals surface area contributed by atoms with Gasteiger partial charge in [-0.2, -0.15) is 5.10 Å². The predicted molar refractivity (Wildman–Crippen MR) is 84.7 cm³/mol. The van der Waals surface area contributed by atoms with Gasteiger partial charge < -0.3 is 9.84 Å². The molecule has 0 aliphatic rings. The number of hydrogen-bond donors (Lipinski definition) is 2. The number of aliphatic imine (C=N–C) groups is 1. The number of H-pyrrole nitrogens is 1. The van der Waals surface area contributed by atoms with E-state index in [-0.39, 0.29) is 22.7 Å². The molecule has 0 aliphatic carbocycles. The smallest absolute Gasteiger partial charge is 0.274 e. The fourth-order valence-electron chi connectivity index (χ4n) is 2.13. The number of hydrogen-bond acceptors (Lipinski definition) is 6. The molecule has 116 valence electrons. The van der Waals surface area contributed by atoms with Crippen molar-refractivity contribution < 1.29 is 14.8 Å². The summed E-state index contributed by atoms with van der Waals surface area (Å²) in [5.74, 6) is -0.183. The summed E-state index contributed by atoms with van der Waals surface area (Å²) in [6.45, 7) is 0. The summed E-state index contributed by atoms with van der Waals surface area (Å²) in [7, 11) is 1.33.